The molecule has 1 N–H and O–H groups in total. The first-order chi connectivity index (χ1) is 10.6. The maximum Gasteiger partial charge on any atom is 0.132 e. The van der Waals surface area contributed by atoms with Crippen LogP contribution in [0.5, 0.6) is 0 Å². The first-order valence-corrected chi connectivity index (χ1v) is 7.59. The minimum atomic E-state index is -0.483. The quantitative estimate of drug-likeness (QED) is 0.945. The second-order valence-corrected chi connectivity index (χ2v) is 5.82. The van der Waals surface area contributed by atoms with Crippen molar-refractivity contribution in [2.75, 3.05) is 18.0 Å². The van der Waals surface area contributed by atoms with Crippen molar-refractivity contribution in [3.63, 3.8) is 0 Å². The van der Waals surface area contributed by atoms with Crippen molar-refractivity contribution in [3.8, 4) is 0 Å². The number of benzene rings is 1. The van der Waals surface area contributed by atoms with Crippen LogP contribution in [0, 0.1) is 18.7 Å². The lowest BCUT2D eigenvalue weighted by molar-refractivity contribution is 0.0922. The van der Waals surface area contributed by atoms with E-state index in [4.69, 9.17) is 0 Å². The highest BCUT2D eigenvalue weighted by Gasteiger charge is 2.29. The summed E-state index contributed by atoms with van der Waals surface area (Å²) in [7, 11) is 0. The van der Waals surface area contributed by atoms with Gasteiger partial charge >= 0.3 is 0 Å². The molecule has 2 aromatic rings. The minimum Gasteiger partial charge on any atom is -0.391 e. The Morgan fingerprint density at radius 3 is 2.86 bits per heavy atom. The first kappa shape index (κ1) is 14.9. The van der Waals surface area contributed by atoms with E-state index in [0.29, 0.717) is 18.5 Å². The topological polar surface area (TPSA) is 49.2 Å². The van der Waals surface area contributed by atoms with E-state index >= 15 is 0 Å². The number of aliphatic hydroxyl groups is 1. The Kier molecular flexibility index (Phi) is 4.34. The molecule has 2 atom stereocenters. The molecule has 2 heterocycles. The molecule has 0 saturated carbocycles. The lowest BCUT2D eigenvalue weighted by Gasteiger charge is -2.36. The van der Waals surface area contributed by atoms with E-state index in [0.717, 1.165) is 24.6 Å². The number of aromatic nitrogens is 2. The predicted octanol–water partition coefficient (Wildman–Crippen LogP) is 2.35. The average molecular weight is 301 g/mol. The fourth-order valence-electron chi connectivity index (χ4n) is 2.99. The fraction of sp³-hybridized carbons (Fsp3) is 0.412. The Morgan fingerprint density at radius 2 is 2.14 bits per heavy atom. The molecular weight excluding hydrogens is 281 g/mol. The van der Waals surface area contributed by atoms with E-state index in [1.54, 1.807) is 18.3 Å². The smallest absolute Gasteiger partial charge is 0.132 e. The van der Waals surface area contributed by atoms with Gasteiger partial charge in [-0.3, -0.25) is 0 Å². The molecule has 0 bridgehead atoms. The molecule has 5 heteroatoms. The zero-order valence-electron chi connectivity index (χ0n) is 12.6. The number of hydrogen-bond donors (Lipinski definition) is 1. The lowest BCUT2D eigenvalue weighted by atomic mass is 9.87. The Balaban J connectivity index is 1.66. The molecule has 1 aliphatic heterocycles. The minimum absolute atomic E-state index is 0.0797. The highest BCUT2D eigenvalue weighted by molar-refractivity contribution is 5.38. The van der Waals surface area contributed by atoms with Crippen molar-refractivity contribution in [1.29, 1.82) is 0 Å². The summed E-state index contributed by atoms with van der Waals surface area (Å²) < 4.78 is 13.7. The van der Waals surface area contributed by atoms with Gasteiger partial charge in [0.15, 0.2) is 0 Å². The first-order valence-electron chi connectivity index (χ1n) is 7.59. The lowest BCUT2D eigenvalue weighted by Crippen LogP contribution is -2.45. The fourth-order valence-corrected chi connectivity index (χ4v) is 2.99. The number of aryl methyl sites for hydroxylation is 1. The molecular formula is C17H20FN3O. The van der Waals surface area contributed by atoms with Crippen molar-refractivity contribution in [3.05, 3.63) is 53.7 Å². The molecule has 0 spiro atoms. The van der Waals surface area contributed by atoms with Gasteiger partial charge in [0.2, 0.25) is 0 Å². The highest BCUT2D eigenvalue weighted by Crippen LogP contribution is 2.25. The van der Waals surface area contributed by atoms with Crippen molar-refractivity contribution in [2.45, 2.75) is 25.9 Å². The van der Waals surface area contributed by atoms with Gasteiger partial charge in [-0.2, -0.15) is 0 Å². The second-order valence-electron chi connectivity index (χ2n) is 5.82. The van der Waals surface area contributed by atoms with Crippen molar-refractivity contribution < 1.29 is 9.50 Å². The molecule has 0 radical (unpaired) electrons. The molecule has 0 amide bonds. The van der Waals surface area contributed by atoms with Gasteiger partial charge in [0.1, 0.15) is 17.5 Å². The summed E-state index contributed by atoms with van der Waals surface area (Å²) in [6, 6.07) is 8.65. The standard InChI is InChI=1S/C17H20FN3O/c1-12-19-8-6-17(20-12)21-9-7-14(16(22)11-21)10-13-4-2-3-5-15(13)18/h2-6,8,14,16,22H,7,9-11H2,1H3/t14-,16-/m1/s1. The Labute approximate surface area is 129 Å². The zero-order chi connectivity index (χ0) is 15.5. The third-order valence-corrected chi connectivity index (χ3v) is 4.25. The van der Waals surface area contributed by atoms with Crippen molar-refractivity contribution in [1.82, 2.24) is 9.97 Å². The van der Waals surface area contributed by atoms with Crippen LogP contribution in [0.25, 0.3) is 0 Å². The van der Waals surface area contributed by atoms with Gasteiger partial charge in [0, 0.05) is 19.3 Å². The number of β-amino-alcohol motifs (C(OH)–C–C–N with tert-alkyl or cyclic N) is 1. The number of rotatable bonds is 3. The predicted molar refractivity (Wildman–Crippen MR) is 83.2 cm³/mol. The number of anilines is 1. The van der Waals surface area contributed by atoms with Gasteiger partial charge in [-0.05, 0) is 43.4 Å². The van der Waals surface area contributed by atoms with Gasteiger partial charge in [-0.1, -0.05) is 18.2 Å². The van der Waals surface area contributed by atoms with Crippen LogP contribution < -0.4 is 4.90 Å². The maximum atomic E-state index is 13.7. The third kappa shape index (κ3) is 3.25. The van der Waals surface area contributed by atoms with E-state index in [1.165, 1.54) is 6.07 Å². The van der Waals surface area contributed by atoms with Crippen LogP contribution in [0.2, 0.25) is 0 Å². The maximum absolute atomic E-state index is 13.7. The summed E-state index contributed by atoms with van der Waals surface area (Å²) in [5.74, 6) is 1.45. The van der Waals surface area contributed by atoms with Gasteiger partial charge in [-0.25, -0.2) is 14.4 Å². The van der Waals surface area contributed by atoms with Gasteiger partial charge in [0.25, 0.3) is 0 Å². The van der Waals surface area contributed by atoms with E-state index < -0.39 is 6.10 Å². The van der Waals surface area contributed by atoms with Crippen LogP contribution in [0.15, 0.2) is 36.5 Å². The zero-order valence-corrected chi connectivity index (χ0v) is 12.6. The molecule has 1 aromatic carbocycles. The molecule has 0 aliphatic carbocycles. The normalized spacial score (nSPS) is 21.9. The molecule has 116 valence electrons. The third-order valence-electron chi connectivity index (χ3n) is 4.25. The summed E-state index contributed by atoms with van der Waals surface area (Å²) in [5.41, 5.74) is 0.679. The molecule has 22 heavy (non-hydrogen) atoms. The summed E-state index contributed by atoms with van der Waals surface area (Å²) in [6.07, 6.45) is 2.64. The monoisotopic (exact) mass is 301 g/mol. The largest absolute Gasteiger partial charge is 0.391 e. The Bertz CT molecular complexity index is 649. The summed E-state index contributed by atoms with van der Waals surface area (Å²) in [5, 5.41) is 10.4. The van der Waals surface area contributed by atoms with E-state index in [2.05, 4.69) is 14.9 Å². The highest BCUT2D eigenvalue weighted by atomic mass is 19.1. The van der Waals surface area contributed by atoms with Crippen LogP contribution >= 0.6 is 0 Å². The summed E-state index contributed by atoms with van der Waals surface area (Å²) >= 11 is 0. The SMILES string of the molecule is Cc1nccc(N2CC[C@H](Cc3ccccc3F)[C@H](O)C2)n1. The molecule has 1 aromatic heterocycles. The van der Waals surface area contributed by atoms with Crippen molar-refractivity contribution >= 4 is 5.82 Å². The average Bonchev–Trinajstić information content (AvgIpc) is 2.51. The number of halogens is 1. The Morgan fingerprint density at radius 1 is 1.32 bits per heavy atom. The van der Waals surface area contributed by atoms with E-state index in [1.807, 2.05) is 19.1 Å². The summed E-state index contributed by atoms with van der Waals surface area (Å²) in [6.45, 7) is 3.19. The Hall–Kier alpha value is -2.01. The van der Waals surface area contributed by atoms with E-state index in [-0.39, 0.29) is 11.7 Å². The second kappa shape index (κ2) is 6.40. The van der Waals surface area contributed by atoms with Crippen LogP contribution in [0.3, 0.4) is 0 Å². The molecule has 0 unspecified atom stereocenters. The van der Waals surface area contributed by atoms with Crippen molar-refractivity contribution in [2.24, 2.45) is 5.92 Å². The summed E-state index contributed by atoms with van der Waals surface area (Å²) in [4.78, 5) is 10.6. The van der Waals surface area contributed by atoms with Gasteiger partial charge < -0.3 is 10.0 Å². The number of hydrogen-bond acceptors (Lipinski definition) is 4. The molecule has 4 nitrogen and oxygen atoms in total. The number of piperidine rings is 1. The number of nitrogens with zero attached hydrogens (tertiary/aromatic N) is 3. The van der Waals surface area contributed by atoms with Crippen LogP contribution in [0.1, 0.15) is 17.8 Å². The molecule has 1 fully saturated rings. The molecule has 3 rings (SSSR count). The number of aliphatic hydroxyl groups excluding tert-OH is 1. The van der Waals surface area contributed by atoms with E-state index in [9.17, 15) is 9.50 Å². The van der Waals surface area contributed by atoms with Crippen LogP contribution in [-0.4, -0.2) is 34.3 Å². The molecule has 1 aliphatic rings. The molecule has 1 saturated heterocycles. The van der Waals surface area contributed by atoms with Gasteiger partial charge in [-0.15, -0.1) is 0 Å². The van der Waals surface area contributed by atoms with Gasteiger partial charge in [0.05, 0.1) is 6.10 Å². The van der Waals surface area contributed by atoms with Crippen LogP contribution in [0.4, 0.5) is 10.2 Å². The van der Waals surface area contributed by atoms with Crippen LogP contribution in [-0.2, 0) is 6.42 Å².